The van der Waals surface area contributed by atoms with Gasteiger partial charge in [0.05, 0.1) is 23.9 Å². The molecule has 6 heteroatoms. The largest absolute Gasteiger partial charge is 0.463 e. The molecule has 0 radical (unpaired) electrons. The highest BCUT2D eigenvalue weighted by atomic mass is 35.5. The van der Waals surface area contributed by atoms with Crippen molar-refractivity contribution in [3.63, 3.8) is 0 Å². The molecule has 2 unspecified atom stereocenters. The van der Waals surface area contributed by atoms with Crippen molar-refractivity contribution in [3.05, 3.63) is 46.1 Å². The maximum absolute atomic E-state index is 12.3. The molecule has 1 aromatic rings. The summed E-state index contributed by atoms with van der Waals surface area (Å²) in [5, 5.41) is 9.98. The number of ether oxygens (including phenoxy) is 1. The molecule has 2 N–H and O–H groups in total. The number of allylic oxidation sites excluding steroid dienone is 1. The van der Waals surface area contributed by atoms with Gasteiger partial charge in [0, 0.05) is 10.9 Å². The Hall–Kier alpha value is -2.32. The zero-order valence-electron chi connectivity index (χ0n) is 12.3. The van der Waals surface area contributed by atoms with Crippen LogP contribution in [0.15, 0.2) is 40.5 Å². The van der Waals surface area contributed by atoms with Gasteiger partial charge in [-0.25, -0.2) is 9.79 Å². The summed E-state index contributed by atoms with van der Waals surface area (Å²) in [6.45, 7) is 3.66. The van der Waals surface area contributed by atoms with Gasteiger partial charge in [-0.2, -0.15) is 5.26 Å². The molecule has 0 aromatic heterocycles. The number of esters is 1. The second-order valence-corrected chi connectivity index (χ2v) is 5.33. The van der Waals surface area contributed by atoms with Gasteiger partial charge < -0.3 is 10.5 Å². The molecule has 5 nitrogen and oxygen atoms in total. The number of nitrogens with two attached hydrogens (primary N) is 1. The molecule has 114 valence electrons. The van der Waals surface area contributed by atoms with Gasteiger partial charge >= 0.3 is 5.97 Å². The van der Waals surface area contributed by atoms with Crippen LogP contribution in [0.4, 0.5) is 0 Å². The Morgan fingerprint density at radius 1 is 1.55 bits per heavy atom. The number of carbonyl (C=O) groups excluding carboxylic acids is 1. The first-order chi connectivity index (χ1) is 10.5. The third kappa shape index (κ3) is 2.97. The number of benzene rings is 1. The number of carbonyl (C=O) groups is 1. The van der Waals surface area contributed by atoms with Crippen molar-refractivity contribution < 1.29 is 9.53 Å². The molecule has 0 amide bonds. The Balaban J connectivity index is 2.61. The first-order valence-corrected chi connectivity index (χ1v) is 7.24. The van der Waals surface area contributed by atoms with E-state index in [1.54, 1.807) is 32.0 Å². The van der Waals surface area contributed by atoms with Crippen molar-refractivity contribution in [1.29, 1.82) is 5.26 Å². The quantitative estimate of drug-likeness (QED) is 0.868. The van der Waals surface area contributed by atoms with Gasteiger partial charge in [0.15, 0.2) is 0 Å². The highest BCUT2D eigenvalue weighted by Gasteiger charge is 2.38. The monoisotopic (exact) mass is 317 g/mol. The van der Waals surface area contributed by atoms with Crippen LogP contribution >= 0.6 is 11.6 Å². The number of halogens is 1. The predicted octanol–water partition coefficient (Wildman–Crippen LogP) is 2.77. The van der Waals surface area contributed by atoms with Crippen LogP contribution in [0.1, 0.15) is 25.3 Å². The maximum atomic E-state index is 12.3. The average molecular weight is 318 g/mol. The van der Waals surface area contributed by atoms with Gasteiger partial charge in [0.25, 0.3) is 0 Å². The third-order valence-electron chi connectivity index (χ3n) is 3.49. The van der Waals surface area contributed by atoms with E-state index < -0.39 is 17.8 Å². The first-order valence-electron chi connectivity index (χ1n) is 6.86. The number of rotatable bonds is 3. The molecule has 1 aliphatic heterocycles. The van der Waals surface area contributed by atoms with Crippen molar-refractivity contribution in [3.8, 4) is 6.07 Å². The van der Waals surface area contributed by atoms with Gasteiger partial charge in [0.2, 0.25) is 0 Å². The van der Waals surface area contributed by atoms with E-state index in [-0.39, 0.29) is 12.4 Å². The molecule has 1 aliphatic rings. The Labute approximate surface area is 134 Å². The van der Waals surface area contributed by atoms with E-state index >= 15 is 0 Å². The maximum Gasteiger partial charge on any atom is 0.336 e. The number of nitriles is 1. The molecular formula is C16H16ClN3O2. The summed E-state index contributed by atoms with van der Waals surface area (Å²) in [5.74, 6) is -1.57. The number of hydrogen-bond donors (Lipinski definition) is 1. The number of amidine groups is 1. The molecule has 0 bridgehead atoms. The molecule has 2 rings (SSSR count). The zero-order chi connectivity index (χ0) is 16.3. The van der Waals surface area contributed by atoms with Gasteiger partial charge in [-0.15, -0.1) is 0 Å². The molecular weight excluding hydrogens is 302 g/mol. The van der Waals surface area contributed by atoms with E-state index in [0.717, 1.165) is 5.56 Å². The van der Waals surface area contributed by atoms with Gasteiger partial charge in [-0.1, -0.05) is 23.7 Å². The molecule has 2 atom stereocenters. The fraction of sp³-hybridized carbons (Fsp3) is 0.312. The van der Waals surface area contributed by atoms with Crippen molar-refractivity contribution in [2.75, 3.05) is 6.61 Å². The van der Waals surface area contributed by atoms with E-state index in [1.807, 2.05) is 6.07 Å². The van der Waals surface area contributed by atoms with Crippen LogP contribution in [-0.4, -0.2) is 18.4 Å². The van der Waals surface area contributed by atoms with Crippen molar-refractivity contribution >= 4 is 23.4 Å². The molecule has 0 fully saturated rings. The molecule has 22 heavy (non-hydrogen) atoms. The standard InChI is InChI=1S/C16H16ClN3O2/c1-3-22-16(21)13-9(2)20-15(19)12(8-18)14(13)10-5-4-6-11(17)7-10/h4-7,12,14H,3H2,1-2H3,(H2,19,20). The van der Waals surface area contributed by atoms with Crippen molar-refractivity contribution in [2.45, 2.75) is 19.8 Å². The summed E-state index contributed by atoms with van der Waals surface area (Å²) in [6, 6.07) is 9.16. The molecule has 1 aromatic carbocycles. The fourth-order valence-corrected chi connectivity index (χ4v) is 2.77. The lowest BCUT2D eigenvalue weighted by Gasteiger charge is -2.28. The van der Waals surface area contributed by atoms with Crippen LogP contribution in [0.2, 0.25) is 5.02 Å². The van der Waals surface area contributed by atoms with E-state index in [1.165, 1.54) is 0 Å². The smallest absolute Gasteiger partial charge is 0.336 e. The van der Waals surface area contributed by atoms with Gasteiger partial charge in [0.1, 0.15) is 11.8 Å². The molecule has 0 saturated heterocycles. The third-order valence-corrected chi connectivity index (χ3v) is 3.73. The average Bonchev–Trinajstić information content (AvgIpc) is 2.46. The van der Waals surface area contributed by atoms with Crippen molar-refractivity contribution in [2.24, 2.45) is 16.6 Å². The van der Waals surface area contributed by atoms with E-state index in [2.05, 4.69) is 11.1 Å². The normalized spacial score (nSPS) is 21.1. The van der Waals surface area contributed by atoms with E-state index in [0.29, 0.717) is 16.3 Å². The minimum Gasteiger partial charge on any atom is -0.463 e. The second kappa shape index (κ2) is 6.63. The Kier molecular flexibility index (Phi) is 4.84. The van der Waals surface area contributed by atoms with Crippen LogP contribution in [0, 0.1) is 17.2 Å². The van der Waals surface area contributed by atoms with Crippen LogP contribution in [0.25, 0.3) is 0 Å². The molecule has 0 spiro atoms. The van der Waals surface area contributed by atoms with Gasteiger partial charge in [-0.05, 0) is 31.5 Å². The topological polar surface area (TPSA) is 88.5 Å². The minimum atomic E-state index is -0.735. The van der Waals surface area contributed by atoms with E-state index in [9.17, 15) is 10.1 Å². The molecule has 0 saturated carbocycles. The second-order valence-electron chi connectivity index (χ2n) is 4.90. The Morgan fingerprint density at radius 2 is 2.27 bits per heavy atom. The summed E-state index contributed by atoms with van der Waals surface area (Å²) in [7, 11) is 0. The fourth-order valence-electron chi connectivity index (χ4n) is 2.57. The van der Waals surface area contributed by atoms with E-state index in [4.69, 9.17) is 22.1 Å². The Morgan fingerprint density at radius 3 is 2.86 bits per heavy atom. The number of aliphatic imine (C=N–C) groups is 1. The number of hydrogen-bond acceptors (Lipinski definition) is 5. The van der Waals surface area contributed by atoms with Gasteiger partial charge in [-0.3, -0.25) is 0 Å². The Bertz CT molecular complexity index is 704. The lowest BCUT2D eigenvalue weighted by atomic mass is 9.78. The number of nitrogens with zero attached hydrogens (tertiary/aromatic N) is 2. The van der Waals surface area contributed by atoms with Crippen LogP contribution < -0.4 is 5.73 Å². The summed E-state index contributed by atoms with van der Waals surface area (Å²) in [4.78, 5) is 16.4. The summed E-state index contributed by atoms with van der Waals surface area (Å²) >= 11 is 6.04. The first kappa shape index (κ1) is 16.1. The summed E-state index contributed by atoms with van der Waals surface area (Å²) < 4.78 is 5.11. The van der Waals surface area contributed by atoms with Crippen LogP contribution in [-0.2, 0) is 9.53 Å². The van der Waals surface area contributed by atoms with Crippen molar-refractivity contribution in [1.82, 2.24) is 0 Å². The highest BCUT2D eigenvalue weighted by Crippen LogP contribution is 2.38. The highest BCUT2D eigenvalue weighted by molar-refractivity contribution is 6.30. The lowest BCUT2D eigenvalue weighted by Crippen LogP contribution is -2.35. The predicted molar refractivity (Wildman–Crippen MR) is 84.3 cm³/mol. The molecule has 1 heterocycles. The van der Waals surface area contributed by atoms with Crippen LogP contribution in [0.3, 0.4) is 0 Å². The summed E-state index contributed by atoms with van der Waals surface area (Å²) in [5.41, 5.74) is 7.44. The van der Waals surface area contributed by atoms with Crippen LogP contribution in [0.5, 0.6) is 0 Å². The summed E-state index contributed by atoms with van der Waals surface area (Å²) in [6.07, 6.45) is 0. The molecule has 0 aliphatic carbocycles. The lowest BCUT2D eigenvalue weighted by molar-refractivity contribution is -0.139. The zero-order valence-corrected chi connectivity index (χ0v) is 13.1. The minimum absolute atomic E-state index is 0.193. The SMILES string of the molecule is CCOC(=O)C1=C(C)N=C(N)C(C#N)C1c1cccc(Cl)c1.